The second-order valence-electron chi connectivity index (χ2n) is 6.14. The van der Waals surface area contributed by atoms with Gasteiger partial charge in [-0.2, -0.15) is 0 Å². The fraction of sp³-hybridized carbons (Fsp3) is 0.304. The highest BCUT2D eigenvalue weighted by Crippen LogP contribution is 2.32. The summed E-state index contributed by atoms with van der Waals surface area (Å²) in [5.74, 6) is 4.83. The first-order chi connectivity index (χ1) is 13.5. The molecular weight excluding hydrogens is 467 g/mol. The van der Waals surface area contributed by atoms with E-state index in [1.807, 2.05) is 54.6 Å². The van der Waals surface area contributed by atoms with Crippen LogP contribution < -0.4 is 0 Å². The van der Waals surface area contributed by atoms with Crippen LogP contribution in [-0.2, 0) is 25.5 Å². The smallest absolute Gasteiger partial charge is 0.324 e. The summed E-state index contributed by atoms with van der Waals surface area (Å²) < 4.78 is 11.5. The van der Waals surface area contributed by atoms with E-state index in [-0.39, 0.29) is 26.1 Å². The Balaban J connectivity index is 2.46. The molecule has 2 aromatic carbocycles. The number of rotatable bonds is 7. The fourth-order valence-corrected chi connectivity index (χ4v) is 3.34. The Labute approximate surface area is 179 Å². The second-order valence-corrected chi connectivity index (χ2v) is 7.30. The van der Waals surface area contributed by atoms with E-state index in [0.29, 0.717) is 0 Å². The van der Waals surface area contributed by atoms with Crippen molar-refractivity contribution in [3.63, 3.8) is 0 Å². The highest BCUT2D eigenvalue weighted by molar-refractivity contribution is 14.1. The van der Waals surface area contributed by atoms with Crippen molar-refractivity contribution in [2.75, 3.05) is 13.2 Å². The molecule has 146 valence electrons. The van der Waals surface area contributed by atoms with Gasteiger partial charge in [0, 0.05) is 22.0 Å². The summed E-state index contributed by atoms with van der Waals surface area (Å²) in [4.78, 5) is 25.9. The van der Waals surface area contributed by atoms with Gasteiger partial charge in [-0.3, -0.25) is 9.59 Å². The lowest BCUT2D eigenvalue weighted by molar-refractivity contribution is -0.171. The Bertz CT molecular complexity index is 847. The summed E-state index contributed by atoms with van der Waals surface area (Å²) in [7, 11) is 0. The van der Waals surface area contributed by atoms with Gasteiger partial charge in [-0.25, -0.2) is 0 Å². The molecule has 4 nitrogen and oxygen atoms in total. The van der Waals surface area contributed by atoms with E-state index in [2.05, 4.69) is 34.4 Å². The Morgan fingerprint density at radius 1 is 0.929 bits per heavy atom. The zero-order valence-corrected chi connectivity index (χ0v) is 18.2. The summed E-state index contributed by atoms with van der Waals surface area (Å²) in [6, 6.07) is 17.1. The van der Waals surface area contributed by atoms with Crippen LogP contribution in [0.15, 0.2) is 54.6 Å². The fourth-order valence-electron chi connectivity index (χ4n) is 2.76. The number of ether oxygens (including phenoxy) is 2. The molecular formula is C23H23IO4. The van der Waals surface area contributed by atoms with E-state index in [1.165, 1.54) is 0 Å². The molecule has 0 radical (unpaired) electrons. The van der Waals surface area contributed by atoms with Crippen molar-refractivity contribution in [2.24, 2.45) is 5.41 Å². The summed E-state index contributed by atoms with van der Waals surface area (Å²) in [6.45, 7) is 3.79. The van der Waals surface area contributed by atoms with Crippen LogP contribution in [0.25, 0.3) is 0 Å². The zero-order valence-electron chi connectivity index (χ0n) is 16.0. The van der Waals surface area contributed by atoms with Crippen LogP contribution in [0, 0.1) is 20.8 Å². The van der Waals surface area contributed by atoms with Gasteiger partial charge in [-0.1, -0.05) is 48.2 Å². The van der Waals surface area contributed by atoms with Crippen molar-refractivity contribution in [2.45, 2.75) is 26.7 Å². The predicted molar refractivity (Wildman–Crippen MR) is 116 cm³/mol. The molecule has 0 heterocycles. The monoisotopic (exact) mass is 490 g/mol. The SMILES string of the molecule is CCOC(=O)C(CC#Cc1ccccc1)(Cc1ccccc1I)C(=O)OCC. The lowest BCUT2D eigenvalue weighted by Gasteiger charge is -2.28. The van der Waals surface area contributed by atoms with Gasteiger partial charge >= 0.3 is 11.9 Å². The molecule has 5 heteroatoms. The largest absolute Gasteiger partial charge is 0.465 e. The third-order valence-corrected chi connectivity index (χ3v) is 5.23. The standard InChI is InChI=1S/C23H23IO4/c1-3-27-21(25)23(22(26)28-4-2,17-19-14-8-9-15-20(19)24)16-10-13-18-11-6-5-7-12-18/h5-9,11-12,14-15H,3-4,16-17H2,1-2H3. The number of esters is 2. The number of carbonyl (C=O) groups is 2. The van der Waals surface area contributed by atoms with Gasteiger partial charge in [-0.15, -0.1) is 0 Å². The van der Waals surface area contributed by atoms with E-state index in [1.54, 1.807) is 13.8 Å². The van der Waals surface area contributed by atoms with Gasteiger partial charge in [0.1, 0.15) is 0 Å². The van der Waals surface area contributed by atoms with Crippen LogP contribution in [0.4, 0.5) is 0 Å². The third-order valence-electron chi connectivity index (χ3n) is 4.18. The van der Waals surface area contributed by atoms with Crippen molar-refractivity contribution < 1.29 is 19.1 Å². The Morgan fingerprint density at radius 2 is 1.50 bits per heavy atom. The van der Waals surface area contributed by atoms with Crippen LogP contribution in [0.1, 0.15) is 31.4 Å². The number of hydrogen-bond donors (Lipinski definition) is 0. The summed E-state index contributed by atoms with van der Waals surface area (Å²) >= 11 is 2.20. The van der Waals surface area contributed by atoms with Crippen molar-refractivity contribution in [1.82, 2.24) is 0 Å². The Hall–Kier alpha value is -2.33. The van der Waals surface area contributed by atoms with E-state index in [0.717, 1.165) is 14.7 Å². The predicted octanol–water partition coefficient (Wildman–Crippen LogP) is 4.39. The molecule has 0 saturated carbocycles. The summed E-state index contributed by atoms with van der Waals surface area (Å²) in [5, 5.41) is 0. The average molecular weight is 490 g/mol. The maximum absolute atomic E-state index is 12.9. The molecule has 0 aliphatic carbocycles. The molecule has 28 heavy (non-hydrogen) atoms. The Morgan fingerprint density at radius 3 is 2.07 bits per heavy atom. The molecule has 0 spiro atoms. The van der Waals surface area contributed by atoms with Gasteiger partial charge in [0.2, 0.25) is 0 Å². The minimum absolute atomic E-state index is 0.0184. The Kier molecular flexibility index (Phi) is 8.52. The molecule has 2 aromatic rings. The van der Waals surface area contributed by atoms with E-state index < -0.39 is 17.4 Å². The number of hydrogen-bond acceptors (Lipinski definition) is 4. The van der Waals surface area contributed by atoms with E-state index in [4.69, 9.17) is 9.47 Å². The molecule has 0 fully saturated rings. The quantitative estimate of drug-likeness (QED) is 0.250. The molecule has 0 saturated heterocycles. The molecule has 0 bridgehead atoms. The van der Waals surface area contributed by atoms with Crippen molar-refractivity contribution in [3.05, 3.63) is 69.3 Å². The first-order valence-corrected chi connectivity index (χ1v) is 10.2. The maximum Gasteiger partial charge on any atom is 0.324 e. The van der Waals surface area contributed by atoms with Gasteiger partial charge in [0.15, 0.2) is 5.41 Å². The normalized spacial score (nSPS) is 10.5. The highest BCUT2D eigenvalue weighted by Gasteiger charge is 2.48. The molecule has 0 N–H and O–H groups in total. The summed E-state index contributed by atoms with van der Waals surface area (Å²) in [5.41, 5.74) is 0.193. The highest BCUT2D eigenvalue weighted by atomic mass is 127. The first-order valence-electron chi connectivity index (χ1n) is 9.15. The van der Waals surface area contributed by atoms with Crippen LogP contribution in [0.2, 0.25) is 0 Å². The van der Waals surface area contributed by atoms with E-state index in [9.17, 15) is 9.59 Å². The topological polar surface area (TPSA) is 52.6 Å². The molecule has 0 amide bonds. The number of carbonyl (C=O) groups excluding carboxylic acids is 2. The van der Waals surface area contributed by atoms with Crippen LogP contribution in [-0.4, -0.2) is 25.2 Å². The number of benzene rings is 2. The molecule has 2 rings (SSSR count). The van der Waals surface area contributed by atoms with Crippen molar-refractivity contribution in [3.8, 4) is 11.8 Å². The molecule has 0 unspecified atom stereocenters. The minimum atomic E-state index is -1.50. The average Bonchev–Trinajstić information content (AvgIpc) is 2.70. The lowest BCUT2D eigenvalue weighted by atomic mass is 9.78. The maximum atomic E-state index is 12.9. The van der Waals surface area contributed by atoms with Crippen LogP contribution >= 0.6 is 22.6 Å². The third kappa shape index (κ3) is 5.59. The lowest BCUT2D eigenvalue weighted by Crippen LogP contribution is -2.44. The van der Waals surface area contributed by atoms with E-state index >= 15 is 0 Å². The van der Waals surface area contributed by atoms with Crippen LogP contribution in [0.5, 0.6) is 0 Å². The van der Waals surface area contributed by atoms with Gasteiger partial charge in [0.05, 0.1) is 13.2 Å². The second kappa shape index (κ2) is 10.9. The summed E-state index contributed by atoms with van der Waals surface area (Å²) in [6.07, 6.45) is 0.192. The van der Waals surface area contributed by atoms with Gasteiger partial charge < -0.3 is 9.47 Å². The van der Waals surface area contributed by atoms with Crippen molar-refractivity contribution >= 4 is 34.5 Å². The molecule has 0 aliphatic rings. The van der Waals surface area contributed by atoms with Crippen LogP contribution in [0.3, 0.4) is 0 Å². The first kappa shape index (κ1) is 22.0. The van der Waals surface area contributed by atoms with Gasteiger partial charge in [0.25, 0.3) is 0 Å². The number of halogens is 1. The van der Waals surface area contributed by atoms with Gasteiger partial charge in [-0.05, 0) is 60.2 Å². The molecule has 0 atom stereocenters. The molecule has 0 aliphatic heterocycles. The zero-order chi connectivity index (χ0) is 20.4. The minimum Gasteiger partial charge on any atom is -0.465 e. The van der Waals surface area contributed by atoms with Crippen molar-refractivity contribution in [1.29, 1.82) is 0 Å². The molecule has 0 aromatic heterocycles.